The molecule has 0 aliphatic carbocycles. The fourth-order valence-corrected chi connectivity index (χ4v) is 2.92. The number of anilines is 1. The number of halogens is 1. The molecule has 0 fully saturated rings. The predicted octanol–water partition coefficient (Wildman–Crippen LogP) is 4.05. The van der Waals surface area contributed by atoms with Crippen LogP contribution in [0, 0.1) is 0 Å². The van der Waals surface area contributed by atoms with Crippen molar-refractivity contribution < 1.29 is 19.1 Å². The minimum atomic E-state index is -0.665. The molecule has 31 heavy (non-hydrogen) atoms. The lowest BCUT2D eigenvalue weighted by Gasteiger charge is -2.19. The lowest BCUT2D eigenvalue weighted by Crippen LogP contribution is -2.37. The molecule has 0 aromatic heterocycles. The van der Waals surface area contributed by atoms with E-state index in [0.717, 1.165) is 11.1 Å². The number of hydrogen-bond donors (Lipinski definition) is 3. The second-order valence-corrected chi connectivity index (χ2v) is 8.34. The zero-order valence-electron chi connectivity index (χ0n) is 18.0. The van der Waals surface area contributed by atoms with Gasteiger partial charge in [0.25, 0.3) is 0 Å². The quantitative estimate of drug-likeness (QED) is 0.571. The SMILES string of the molecule is CC(C)(C)OC(=O)NCC(=O)Nc1ccccc1CNC(=O)CCc1ccccc1Cl. The first-order valence-electron chi connectivity index (χ1n) is 9.99. The average Bonchev–Trinajstić information content (AvgIpc) is 2.70. The Hall–Kier alpha value is -3.06. The van der Waals surface area contributed by atoms with Crippen LogP contribution < -0.4 is 16.0 Å². The Balaban J connectivity index is 1.83. The molecule has 3 N–H and O–H groups in total. The van der Waals surface area contributed by atoms with E-state index in [2.05, 4.69) is 16.0 Å². The van der Waals surface area contributed by atoms with Gasteiger partial charge >= 0.3 is 6.09 Å². The molecule has 2 rings (SSSR count). The number of alkyl carbamates (subject to hydrolysis) is 1. The van der Waals surface area contributed by atoms with E-state index in [1.807, 2.05) is 30.3 Å². The van der Waals surface area contributed by atoms with Crippen molar-refractivity contribution in [3.63, 3.8) is 0 Å². The van der Waals surface area contributed by atoms with Crippen LogP contribution in [0.4, 0.5) is 10.5 Å². The monoisotopic (exact) mass is 445 g/mol. The molecule has 166 valence electrons. The minimum absolute atomic E-state index is 0.118. The van der Waals surface area contributed by atoms with Crippen molar-refractivity contribution in [3.05, 3.63) is 64.7 Å². The maximum Gasteiger partial charge on any atom is 0.408 e. The van der Waals surface area contributed by atoms with Crippen LogP contribution in [0.3, 0.4) is 0 Å². The maximum atomic E-state index is 12.2. The number of aryl methyl sites for hydroxylation is 1. The maximum absolute atomic E-state index is 12.2. The van der Waals surface area contributed by atoms with Crippen LogP contribution in [0.5, 0.6) is 0 Å². The lowest BCUT2D eigenvalue weighted by atomic mass is 10.1. The average molecular weight is 446 g/mol. The summed E-state index contributed by atoms with van der Waals surface area (Å²) in [7, 11) is 0. The van der Waals surface area contributed by atoms with Gasteiger partial charge in [-0.2, -0.15) is 0 Å². The Morgan fingerprint density at radius 2 is 1.55 bits per heavy atom. The van der Waals surface area contributed by atoms with Crippen LogP contribution in [0.15, 0.2) is 48.5 Å². The summed E-state index contributed by atoms with van der Waals surface area (Å²) in [5, 5.41) is 8.65. The number of nitrogens with one attached hydrogen (secondary N) is 3. The summed E-state index contributed by atoms with van der Waals surface area (Å²) in [6.45, 7) is 5.26. The first-order valence-corrected chi connectivity index (χ1v) is 10.4. The Kier molecular flexibility index (Phi) is 8.88. The van der Waals surface area contributed by atoms with Gasteiger partial charge < -0.3 is 20.7 Å². The van der Waals surface area contributed by atoms with E-state index in [-0.39, 0.29) is 19.0 Å². The van der Waals surface area contributed by atoms with Gasteiger partial charge in [-0.25, -0.2) is 4.79 Å². The predicted molar refractivity (Wildman–Crippen MR) is 121 cm³/mol. The third kappa shape index (κ3) is 9.09. The van der Waals surface area contributed by atoms with E-state index in [9.17, 15) is 14.4 Å². The van der Waals surface area contributed by atoms with Crippen molar-refractivity contribution in [1.82, 2.24) is 10.6 Å². The zero-order chi connectivity index (χ0) is 22.9. The van der Waals surface area contributed by atoms with E-state index in [0.29, 0.717) is 23.6 Å². The van der Waals surface area contributed by atoms with Crippen molar-refractivity contribution in [1.29, 1.82) is 0 Å². The van der Waals surface area contributed by atoms with Gasteiger partial charge in [-0.1, -0.05) is 48.0 Å². The summed E-state index contributed by atoms with van der Waals surface area (Å²) >= 11 is 6.12. The number of carbonyl (C=O) groups is 3. The molecule has 0 atom stereocenters. The summed E-state index contributed by atoms with van der Waals surface area (Å²) in [5.74, 6) is -0.518. The van der Waals surface area contributed by atoms with Crippen molar-refractivity contribution in [2.75, 3.05) is 11.9 Å². The van der Waals surface area contributed by atoms with Gasteiger partial charge in [0.05, 0.1) is 0 Å². The number of amides is 3. The van der Waals surface area contributed by atoms with Crippen LogP contribution in [0.2, 0.25) is 5.02 Å². The molecule has 0 unspecified atom stereocenters. The molecule has 0 radical (unpaired) electrons. The van der Waals surface area contributed by atoms with Gasteiger partial charge in [-0.15, -0.1) is 0 Å². The molecule has 0 bridgehead atoms. The van der Waals surface area contributed by atoms with Crippen molar-refractivity contribution >= 4 is 35.2 Å². The van der Waals surface area contributed by atoms with Crippen LogP contribution in [-0.4, -0.2) is 30.1 Å². The van der Waals surface area contributed by atoms with E-state index in [1.165, 1.54) is 0 Å². The number of para-hydroxylation sites is 1. The highest BCUT2D eigenvalue weighted by atomic mass is 35.5. The topological polar surface area (TPSA) is 96.5 Å². The molecular formula is C23H28ClN3O4. The van der Waals surface area contributed by atoms with E-state index in [1.54, 1.807) is 39.0 Å². The van der Waals surface area contributed by atoms with E-state index >= 15 is 0 Å². The van der Waals surface area contributed by atoms with Crippen molar-refractivity contribution in [2.24, 2.45) is 0 Å². The molecule has 2 aromatic carbocycles. The third-order valence-corrected chi connectivity index (χ3v) is 4.51. The van der Waals surface area contributed by atoms with Gasteiger partial charge in [0.2, 0.25) is 11.8 Å². The van der Waals surface area contributed by atoms with Crippen LogP contribution >= 0.6 is 11.6 Å². The standard InChI is InChI=1S/C23H28ClN3O4/c1-23(2,3)31-22(30)26-15-21(29)27-19-11-7-5-9-17(19)14-25-20(28)13-12-16-8-4-6-10-18(16)24/h4-11H,12-15H2,1-3H3,(H,25,28)(H,26,30)(H,27,29). The molecular weight excluding hydrogens is 418 g/mol. The lowest BCUT2D eigenvalue weighted by molar-refractivity contribution is -0.121. The first kappa shape index (κ1) is 24.2. The minimum Gasteiger partial charge on any atom is -0.444 e. The van der Waals surface area contributed by atoms with Gasteiger partial charge in [0.15, 0.2) is 0 Å². The Morgan fingerprint density at radius 3 is 2.23 bits per heavy atom. The van der Waals surface area contributed by atoms with Gasteiger partial charge in [-0.05, 0) is 50.5 Å². The Labute approximate surface area is 187 Å². The summed E-state index contributed by atoms with van der Waals surface area (Å²) in [4.78, 5) is 36.1. The molecule has 0 saturated carbocycles. The number of hydrogen-bond acceptors (Lipinski definition) is 4. The number of rotatable bonds is 8. The second kappa shape index (κ2) is 11.4. The molecule has 8 heteroatoms. The summed E-state index contributed by atoms with van der Waals surface area (Å²) < 4.78 is 5.10. The molecule has 0 saturated heterocycles. The van der Waals surface area contributed by atoms with Crippen LogP contribution in [0.1, 0.15) is 38.3 Å². The smallest absolute Gasteiger partial charge is 0.408 e. The number of benzene rings is 2. The van der Waals surface area contributed by atoms with Gasteiger partial charge in [-0.3, -0.25) is 9.59 Å². The highest BCUT2D eigenvalue weighted by molar-refractivity contribution is 6.31. The van der Waals surface area contributed by atoms with Gasteiger partial charge in [0.1, 0.15) is 12.1 Å². The molecule has 0 aliphatic heterocycles. The second-order valence-electron chi connectivity index (χ2n) is 7.93. The fraction of sp³-hybridized carbons (Fsp3) is 0.348. The number of carbonyl (C=O) groups excluding carboxylic acids is 3. The largest absolute Gasteiger partial charge is 0.444 e. The molecule has 0 heterocycles. The normalized spacial score (nSPS) is 10.8. The van der Waals surface area contributed by atoms with E-state index < -0.39 is 17.6 Å². The molecule has 0 aliphatic rings. The molecule has 3 amide bonds. The fourth-order valence-electron chi connectivity index (χ4n) is 2.69. The van der Waals surface area contributed by atoms with E-state index in [4.69, 9.17) is 16.3 Å². The van der Waals surface area contributed by atoms with Gasteiger partial charge in [0, 0.05) is 23.7 Å². The zero-order valence-corrected chi connectivity index (χ0v) is 18.7. The number of ether oxygens (including phenoxy) is 1. The Morgan fingerprint density at radius 1 is 0.903 bits per heavy atom. The summed E-state index contributed by atoms with van der Waals surface area (Å²) in [5.41, 5.74) is 1.59. The third-order valence-electron chi connectivity index (χ3n) is 4.14. The summed E-state index contributed by atoms with van der Waals surface area (Å²) in [6, 6.07) is 14.6. The van der Waals surface area contributed by atoms with Crippen molar-refractivity contribution in [3.8, 4) is 0 Å². The van der Waals surface area contributed by atoms with Crippen LogP contribution in [0.25, 0.3) is 0 Å². The van der Waals surface area contributed by atoms with Crippen molar-refractivity contribution in [2.45, 2.75) is 45.8 Å². The molecule has 7 nitrogen and oxygen atoms in total. The van der Waals surface area contributed by atoms with Crippen LogP contribution in [-0.2, 0) is 27.3 Å². The highest BCUT2D eigenvalue weighted by Crippen LogP contribution is 2.17. The molecule has 0 spiro atoms. The Bertz CT molecular complexity index is 925. The first-order chi connectivity index (χ1) is 14.6. The summed E-state index contributed by atoms with van der Waals surface area (Å²) in [6.07, 6.45) is 0.180. The molecule has 2 aromatic rings. The highest BCUT2D eigenvalue weighted by Gasteiger charge is 2.17.